The zero-order chi connectivity index (χ0) is 12.3. The fourth-order valence-corrected chi connectivity index (χ4v) is 1.60. The molecule has 0 aliphatic heterocycles. The predicted octanol–water partition coefficient (Wildman–Crippen LogP) is 3.00. The van der Waals surface area contributed by atoms with Gasteiger partial charge < -0.3 is 4.90 Å². The van der Waals surface area contributed by atoms with E-state index < -0.39 is 5.51 Å². The SMILES string of the molecule is CN(C)C(=O)c1ccc(SC(F)(F)F)cc1. The molecule has 1 rings (SSSR count). The Kier molecular flexibility index (Phi) is 3.85. The van der Waals surface area contributed by atoms with E-state index in [4.69, 9.17) is 0 Å². The second kappa shape index (κ2) is 4.78. The predicted molar refractivity (Wildman–Crippen MR) is 56.4 cm³/mol. The highest BCUT2D eigenvalue weighted by atomic mass is 32.2. The normalized spacial score (nSPS) is 11.3. The van der Waals surface area contributed by atoms with Crippen molar-refractivity contribution in [2.75, 3.05) is 14.1 Å². The molecule has 0 unspecified atom stereocenters. The van der Waals surface area contributed by atoms with Crippen LogP contribution in [0.3, 0.4) is 0 Å². The summed E-state index contributed by atoms with van der Waals surface area (Å²) in [4.78, 5) is 12.9. The van der Waals surface area contributed by atoms with Crippen molar-refractivity contribution in [3.8, 4) is 0 Å². The molecule has 0 aromatic heterocycles. The lowest BCUT2D eigenvalue weighted by molar-refractivity contribution is -0.0328. The maximum absolute atomic E-state index is 12.0. The van der Waals surface area contributed by atoms with Gasteiger partial charge in [0.05, 0.1) is 0 Å². The summed E-state index contributed by atoms with van der Waals surface area (Å²) in [6.07, 6.45) is 0. The molecule has 0 radical (unpaired) electrons. The second-order valence-corrected chi connectivity index (χ2v) is 4.41. The van der Waals surface area contributed by atoms with Crippen LogP contribution in [0.25, 0.3) is 0 Å². The minimum absolute atomic E-state index is 0.0720. The fourth-order valence-electron chi connectivity index (χ4n) is 1.06. The van der Waals surface area contributed by atoms with Crippen LogP contribution < -0.4 is 0 Å². The quantitative estimate of drug-likeness (QED) is 0.751. The first kappa shape index (κ1) is 12.9. The number of carbonyl (C=O) groups is 1. The number of amides is 1. The summed E-state index contributed by atoms with van der Waals surface area (Å²) in [5.74, 6) is -0.233. The van der Waals surface area contributed by atoms with Gasteiger partial charge in [-0.2, -0.15) is 13.2 Å². The molecular weight excluding hydrogens is 239 g/mol. The summed E-state index contributed by atoms with van der Waals surface area (Å²) in [6, 6.07) is 5.34. The Morgan fingerprint density at radius 2 is 1.69 bits per heavy atom. The fraction of sp³-hybridized carbons (Fsp3) is 0.300. The molecule has 0 heterocycles. The molecule has 0 aliphatic carbocycles. The van der Waals surface area contributed by atoms with Gasteiger partial charge in [0, 0.05) is 24.6 Å². The topological polar surface area (TPSA) is 20.3 Å². The second-order valence-electron chi connectivity index (χ2n) is 3.27. The van der Waals surface area contributed by atoms with Crippen molar-refractivity contribution in [3.63, 3.8) is 0 Å². The average Bonchev–Trinajstić information content (AvgIpc) is 2.15. The van der Waals surface area contributed by atoms with Crippen LogP contribution in [0.4, 0.5) is 13.2 Å². The smallest absolute Gasteiger partial charge is 0.345 e. The molecule has 0 saturated carbocycles. The molecule has 0 spiro atoms. The monoisotopic (exact) mass is 249 g/mol. The Balaban J connectivity index is 2.80. The minimum atomic E-state index is -4.30. The van der Waals surface area contributed by atoms with E-state index in [-0.39, 0.29) is 22.6 Å². The summed E-state index contributed by atoms with van der Waals surface area (Å²) in [5, 5.41) is 0. The van der Waals surface area contributed by atoms with E-state index in [9.17, 15) is 18.0 Å². The van der Waals surface area contributed by atoms with Crippen molar-refractivity contribution >= 4 is 17.7 Å². The third-order valence-electron chi connectivity index (χ3n) is 1.74. The number of alkyl halides is 3. The highest BCUT2D eigenvalue weighted by molar-refractivity contribution is 8.00. The Morgan fingerprint density at radius 1 is 1.19 bits per heavy atom. The third-order valence-corrected chi connectivity index (χ3v) is 2.48. The van der Waals surface area contributed by atoms with Gasteiger partial charge in [0.2, 0.25) is 0 Å². The number of hydrogen-bond donors (Lipinski definition) is 0. The molecule has 88 valence electrons. The largest absolute Gasteiger partial charge is 0.446 e. The Hall–Kier alpha value is -1.17. The van der Waals surface area contributed by atoms with Gasteiger partial charge in [0.25, 0.3) is 5.91 Å². The molecule has 0 saturated heterocycles. The molecule has 1 aromatic carbocycles. The highest BCUT2D eigenvalue weighted by Crippen LogP contribution is 2.36. The van der Waals surface area contributed by atoms with Gasteiger partial charge in [-0.3, -0.25) is 4.79 Å². The molecule has 0 aliphatic rings. The summed E-state index contributed by atoms with van der Waals surface area (Å²) >= 11 is -0.195. The first-order valence-corrected chi connectivity index (χ1v) is 5.19. The summed E-state index contributed by atoms with van der Waals surface area (Å²) in [5.41, 5.74) is -3.93. The van der Waals surface area contributed by atoms with Gasteiger partial charge in [0.15, 0.2) is 0 Å². The number of hydrogen-bond acceptors (Lipinski definition) is 2. The van der Waals surface area contributed by atoms with Gasteiger partial charge in [-0.25, -0.2) is 0 Å². The van der Waals surface area contributed by atoms with Gasteiger partial charge >= 0.3 is 5.51 Å². The standard InChI is InChI=1S/C10H10F3NOS/c1-14(2)9(15)7-3-5-8(6-4-7)16-10(11,12)13/h3-6H,1-2H3. The first-order chi connectivity index (χ1) is 7.29. The lowest BCUT2D eigenvalue weighted by Gasteiger charge is -2.10. The van der Waals surface area contributed by atoms with E-state index >= 15 is 0 Å². The molecule has 0 N–H and O–H groups in total. The lowest BCUT2D eigenvalue weighted by Crippen LogP contribution is -2.21. The third kappa shape index (κ3) is 3.77. The van der Waals surface area contributed by atoms with Crippen molar-refractivity contribution in [1.82, 2.24) is 4.90 Å². The molecule has 1 amide bonds. The number of halogens is 3. The van der Waals surface area contributed by atoms with E-state index in [2.05, 4.69) is 0 Å². The van der Waals surface area contributed by atoms with Gasteiger partial charge in [-0.15, -0.1) is 0 Å². The lowest BCUT2D eigenvalue weighted by atomic mass is 10.2. The first-order valence-electron chi connectivity index (χ1n) is 4.37. The van der Waals surface area contributed by atoms with Crippen LogP contribution in [0.2, 0.25) is 0 Å². The van der Waals surface area contributed by atoms with Gasteiger partial charge in [0.1, 0.15) is 0 Å². The molecule has 2 nitrogen and oxygen atoms in total. The van der Waals surface area contributed by atoms with Crippen LogP contribution in [-0.4, -0.2) is 30.4 Å². The Morgan fingerprint density at radius 3 is 2.06 bits per heavy atom. The maximum Gasteiger partial charge on any atom is 0.446 e. The molecule has 1 aromatic rings. The van der Waals surface area contributed by atoms with E-state index in [1.165, 1.54) is 29.2 Å². The van der Waals surface area contributed by atoms with E-state index in [0.29, 0.717) is 5.56 Å². The van der Waals surface area contributed by atoms with Crippen molar-refractivity contribution in [2.45, 2.75) is 10.4 Å². The van der Waals surface area contributed by atoms with Crippen LogP contribution >= 0.6 is 11.8 Å². The van der Waals surface area contributed by atoms with E-state index in [1.54, 1.807) is 14.1 Å². The minimum Gasteiger partial charge on any atom is -0.345 e. The van der Waals surface area contributed by atoms with Crippen molar-refractivity contribution in [3.05, 3.63) is 29.8 Å². The van der Waals surface area contributed by atoms with Crippen LogP contribution in [-0.2, 0) is 0 Å². The van der Waals surface area contributed by atoms with Crippen LogP contribution in [0.1, 0.15) is 10.4 Å². The maximum atomic E-state index is 12.0. The number of nitrogens with zero attached hydrogens (tertiary/aromatic N) is 1. The molecule has 0 fully saturated rings. The number of rotatable bonds is 2. The summed E-state index contributed by atoms with van der Waals surface area (Å²) in [6.45, 7) is 0. The van der Waals surface area contributed by atoms with Crippen molar-refractivity contribution < 1.29 is 18.0 Å². The average molecular weight is 249 g/mol. The van der Waals surface area contributed by atoms with Crippen LogP contribution in [0, 0.1) is 0 Å². The summed E-state index contributed by atoms with van der Waals surface area (Å²) < 4.78 is 36.0. The number of carbonyl (C=O) groups excluding carboxylic acids is 1. The van der Waals surface area contributed by atoms with E-state index in [0.717, 1.165) is 0 Å². The Bertz CT molecular complexity index is 373. The molecular formula is C10H10F3NOS. The Labute approximate surface area is 95.4 Å². The van der Waals surface area contributed by atoms with Crippen molar-refractivity contribution in [2.24, 2.45) is 0 Å². The number of benzene rings is 1. The van der Waals surface area contributed by atoms with Crippen LogP contribution in [0.5, 0.6) is 0 Å². The molecule has 16 heavy (non-hydrogen) atoms. The molecule has 0 atom stereocenters. The van der Waals surface area contributed by atoms with Crippen LogP contribution in [0.15, 0.2) is 29.2 Å². The van der Waals surface area contributed by atoms with Crippen molar-refractivity contribution in [1.29, 1.82) is 0 Å². The van der Waals surface area contributed by atoms with Gasteiger partial charge in [-0.1, -0.05) is 0 Å². The molecule has 0 bridgehead atoms. The van der Waals surface area contributed by atoms with Gasteiger partial charge in [-0.05, 0) is 36.0 Å². The highest BCUT2D eigenvalue weighted by Gasteiger charge is 2.29. The summed E-state index contributed by atoms with van der Waals surface area (Å²) in [7, 11) is 3.17. The zero-order valence-corrected chi connectivity index (χ0v) is 9.52. The van der Waals surface area contributed by atoms with E-state index in [1.807, 2.05) is 0 Å². The zero-order valence-electron chi connectivity index (χ0n) is 8.71. The molecule has 6 heteroatoms. The number of thioether (sulfide) groups is 1.